The maximum atomic E-state index is 13.2. The molecule has 1 heterocycles. The molecule has 2 aliphatic rings. The lowest BCUT2D eigenvalue weighted by Gasteiger charge is -2.26. The topological polar surface area (TPSA) is 29.5 Å². The van der Waals surface area contributed by atoms with Crippen molar-refractivity contribution < 1.29 is 18.4 Å². The molecule has 1 saturated heterocycles. The Kier molecular flexibility index (Phi) is 3.22. The van der Waals surface area contributed by atoms with E-state index in [1.54, 1.807) is 6.07 Å². The van der Waals surface area contributed by atoms with Crippen molar-refractivity contribution in [2.45, 2.75) is 25.2 Å². The zero-order valence-electron chi connectivity index (χ0n) is 10.4. The number of carbonyl (C=O) groups excluding carboxylic acids is 1. The van der Waals surface area contributed by atoms with E-state index < -0.39 is 11.6 Å². The summed E-state index contributed by atoms with van der Waals surface area (Å²) in [7, 11) is 0. The summed E-state index contributed by atoms with van der Waals surface area (Å²) in [6.07, 6.45) is 2.61. The minimum Gasteiger partial charge on any atom is -0.272 e. The fraction of sp³-hybridized carbons (Fsp3) is 0.500. The number of hydroxylamine groups is 2. The number of carbonyl (C=O) groups is 1. The Hall–Kier alpha value is -1.49. The minimum atomic E-state index is -0.857. The average molecular weight is 267 g/mol. The lowest BCUT2D eigenvalue weighted by atomic mass is 10.1. The normalized spacial score (nSPS) is 26.3. The predicted molar refractivity (Wildman–Crippen MR) is 64.1 cm³/mol. The monoisotopic (exact) mass is 267 g/mol. The highest BCUT2D eigenvalue weighted by Crippen LogP contribution is 2.48. The van der Waals surface area contributed by atoms with Crippen molar-refractivity contribution in [1.29, 1.82) is 0 Å². The molecule has 0 bridgehead atoms. The van der Waals surface area contributed by atoms with E-state index in [-0.39, 0.29) is 17.7 Å². The van der Waals surface area contributed by atoms with Crippen LogP contribution in [0.25, 0.3) is 0 Å². The van der Waals surface area contributed by atoms with Crippen molar-refractivity contribution in [3.05, 3.63) is 35.4 Å². The van der Waals surface area contributed by atoms with Crippen LogP contribution in [0.15, 0.2) is 18.2 Å². The van der Waals surface area contributed by atoms with Crippen LogP contribution in [0.5, 0.6) is 0 Å². The van der Waals surface area contributed by atoms with Gasteiger partial charge in [-0.25, -0.2) is 13.8 Å². The first kappa shape index (κ1) is 12.5. The first-order valence-electron chi connectivity index (χ1n) is 6.56. The van der Waals surface area contributed by atoms with Crippen molar-refractivity contribution >= 4 is 5.91 Å². The third-order valence-electron chi connectivity index (χ3n) is 3.73. The maximum absolute atomic E-state index is 13.2. The van der Waals surface area contributed by atoms with Crippen LogP contribution in [0.4, 0.5) is 8.78 Å². The highest BCUT2D eigenvalue weighted by Gasteiger charge is 2.46. The number of benzene rings is 1. The molecule has 0 spiro atoms. The lowest BCUT2D eigenvalue weighted by Crippen LogP contribution is -2.37. The lowest BCUT2D eigenvalue weighted by molar-refractivity contribution is -0.198. The van der Waals surface area contributed by atoms with Crippen molar-refractivity contribution in [3.8, 4) is 0 Å². The van der Waals surface area contributed by atoms with Gasteiger partial charge in [0.05, 0.1) is 6.61 Å². The average Bonchev–Trinajstić information content (AvgIpc) is 3.22. The van der Waals surface area contributed by atoms with Crippen molar-refractivity contribution in [2.75, 3.05) is 13.2 Å². The molecule has 1 saturated carbocycles. The molecule has 1 aliphatic carbocycles. The summed E-state index contributed by atoms with van der Waals surface area (Å²) in [4.78, 5) is 17.4. The number of nitrogens with zero attached hydrogens (tertiary/aromatic N) is 1. The Morgan fingerprint density at radius 2 is 2.11 bits per heavy atom. The van der Waals surface area contributed by atoms with Crippen LogP contribution in [0.3, 0.4) is 0 Å². The number of hydrogen-bond acceptors (Lipinski definition) is 2. The molecule has 19 heavy (non-hydrogen) atoms. The molecule has 3 rings (SSSR count). The van der Waals surface area contributed by atoms with Gasteiger partial charge in [-0.1, -0.05) is 6.07 Å². The Bertz CT molecular complexity index is 500. The standard InChI is InChI=1S/C14H15F2NO2/c15-12-4-3-9(7-13(12)16)10-8-11(10)14(18)17-5-1-2-6-19-17/h3-4,7,10-11H,1-2,5-6,8H2/t10-,11-/m1/s1. The molecule has 0 unspecified atom stereocenters. The molecule has 1 aromatic rings. The molecule has 2 atom stereocenters. The van der Waals surface area contributed by atoms with E-state index in [0.29, 0.717) is 25.1 Å². The first-order valence-corrected chi connectivity index (χ1v) is 6.56. The summed E-state index contributed by atoms with van der Waals surface area (Å²) in [5.74, 6) is -1.90. The Balaban J connectivity index is 1.66. The fourth-order valence-electron chi connectivity index (χ4n) is 2.53. The number of amides is 1. The molecule has 0 aromatic heterocycles. The predicted octanol–water partition coefficient (Wildman–Crippen LogP) is 2.62. The molecule has 3 nitrogen and oxygen atoms in total. The summed E-state index contributed by atoms with van der Waals surface area (Å²) in [6, 6.07) is 3.85. The van der Waals surface area contributed by atoms with E-state index in [1.807, 2.05) is 0 Å². The number of halogens is 2. The highest BCUT2D eigenvalue weighted by molar-refractivity contribution is 5.82. The summed E-state index contributed by atoms with van der Waals surface area (Å²) in [5, 5.41) is 1.42. The van der Waals surface area contributed by atoms with Crippen molar-refractivity contribution in [2.24, 2.45) is 5.92 Å². The molecule has 0 radical (unpaired) electrons. The van der Waals surface area contributed by atoms with Gasteiger partial charge in [-0.2, -0.15) is 0 Å². The van der Waals surface area contributed by atoms with E-state index in [9.17, 15) is 13.6 Å². The van der Waals surface area contributed by atoms with Gasteiger partial charge in [0.15, 0.2) is 11.6 Å². The van der Waals surface area contributed by atoms with Gasteiger partial charge in [0.25, 0.3) is 0 Å². The second kappa shape index (κ2) is 4.89. The van der Waals surface area contributed by atoms with Gasteiger partial charge in [0.1, 0.15) is 0 Å². The van der Waals surface area contributed by atoms with Gasteiger partial charge in [-0.05, 0) is 42.9 Å². The molecule has 5 heteroatoms. The van der Waals surface area contributed by atoms with E-state index in [1.165, 1.54) is 11.1 Å². The van der Waals surface area contributed by atoms with Gasteiger partial charge >= 0.3 is 0 Å². The van der Waals surface area contributed by atoms with E-state index in [2.05, 4.69) is 0 Å². The van der Waals surface area contributed by atoms with Crippen molar-refractivity contribution in [1.82, 2.24) is 5.06 Å². The van der Waals surface area contributed by atoms with Gasteiger partial charge in [-0.3, -0.25) is 9.63 Å². The summed E-state index contributed by atoms with van der Waals surface area (Å²) >= 11 is 0. The fourth-order valence-corrected chi connectivity index (χ4v) is 2.53. The maximum Gasteiger partial charge on any atom is 0.249 e. The van der Waals surface area contributed by atoms with E-state index >= 15 is 0 Å². The number of rotatable bonds is 2. The summed E-state index contributed by atoms with van der Waals surface area (Å²) in [5.41, 5.74) is 0.689. The van der Waals surface area contributed by atoms with Crippen LogP contribution in [0.2, 0.25) is 0 Å². The molecule has 0 N–H and O–H groups in total. The van der Waals surface area contributed by atoms with Crippen LogP contribution in [-0.2, 0) is 9.63 Å². The first-order chi connectivity index (χ1) is 9.16. The van der Waals surface area contributed by atoms with Crippen LogP contribution < -0.4 is 0 Å². The van der Waals surface area contributed by atoms with Gasteiger partial charge < -0.3 is 0 Å². The third-order valence-corrected chi connectivity index (χ3v) is 3.73. The van der Waals surface area contributed by atoms with Crippen LogP contribution >= 0.6 is 0 Å². The van der Waals surface area contributed by atoms with Gasteiger partial charge in [0, 0.05) is 12.5 Å². The van der Waals surface area contributed by atoms with E-state index in [4.69, 9.17) is 4.84 Å². The van der Waals surface area contributed by atoms with Gasteiger partial charge in [0.2, 0.25) is 5.91 Å². The van der Waals surface area contributed by atoms with Crippen LogP contribution in [-0.4, -0.2) is 24.1 Å². The zero-order valence-corrected chi connectivity index (χ0v) is 10.4. The van der Waals surface area contributed by atoms with E-state index in [0.717, 1.165) is 18.9 Å². The summed E-state index contributed by atoms with van der Waals surface area (Å²) in [6.45, 7) is 1.20. The third kappa shape index (κ3) is 2.47. The second-order valence-corrected chi connectivity index (χ2v) is 5.10. The SMILES string of the molecule is O=C([C@@H]1C[C@@H]1c1ccc(F)c(F)c1)N1CCCCO1. The smallest absolute Gasteiger partial charge is 0.249 e. The van der Waals surface area contributed by atoms with Gasteiger partial charge in [-0.15, -0.1) is 0 Å². The molecule has 1 aliphatic heterocycles. The Morgan fingerprint density at radius 3 is 2.79 bits per heavy atom. The second-order valence-electron chi connectivity index (χ2n) is 5.10. The molecule has 1 amide bonds. The molecular formula is C14H15F2NO2. The zero-order chi connectivity index (χ0) is 13.4. The molecule has 102 valence electrons. The minimum absolute atomic E-state index is 0.00636. The molecule has 2 fully saturated rings. The van der Waals surface area contributed by atoms with Crippen LogP contribution in [0, 0.1) is 17.6 Å². The molecule has 1 aromatic carbocycles. The summed E-state index contributed by atoms with van der Waals surface area (Å²) < 4.78 is 26.0. The van der Waals surface area contributed by atoms with Crippen molar-refractivity contribution in [3.63, 3.8) is 0 Å². The Morgan fingerprint density at radius 1 is 1.26 bits per heavy atom. The Labute approximate surface area is 110 Å². The molecular weight excluding hydrogens is 252 g/mol. The largest absolute Gasteiger partial charge is 0.272 e. The quantitative estimate of drug-likeness (QED) is 0.824. The highest BCUT2D eigenvalue weighted by atomic mass is 19.2. The van der Waals surface area contributed by atoms with Crippen LogP contribution in [0.1, 0.15) is 30.7 Å². The number of hydrogen-bond donors (Lipinski definition) is 0.